The minimum Gasteiger partial charge on any atom is -0.392 e. The van der Waals surface area contributed by atoms with E-state index in [-0.39, 0.29) is 37.0 Å². The normalized spacial score (nSPS) is 19.9. The van der Waals surface area contributed by atoms with Gasteiger partial charge in [0, 0.05) is 13.1 Å². The average molecular weight is 319 g/mol. The fraction of sp³-hybridized carbons (Fsp3) is 0.500. The third-order valence-electron chi connectivity index (χ3n) is 3.22. The minimum absolute atomic E-state index is 0.0182. The zero-order valence-corrected chi connectivity index (χ0v) is 12.5. The van der Waals surface area contributed by atoms with Gasteiger partial charge in [-0.3, -0.25) is 0 Å². The molecule has 1 N–H and O–H groups in total. The number of sulfonamides is 1. The zero-order valence-electron chi connectivity index (χ0n) is 10.9. The predicted molar refractivity (Wildman–Crippen MR) is 75.2 cm³/mol. The van der Waals surface area contributed by atoms with E-state index in [0.717, 1.165) is 0 Å². The molecule has 0 spiro atoms. The molecule has 1 aromatic rings. The first kappa shape index (κ1) is 15.4. The highest BCUT2D eigenvalue weighted by Gasteiger charge is 2.29. The van der Waals surface area contributed by atoms with Crippen LogP contribution in [0.25, 0.3) is 0 Å². The molecule has 1 saturated heterocycles. The Morgan fingerprint density at radius 1 is 1.15 bits per heavy atom. The van der Waals surface area contributed by atoms with E-state index in [9.17, 15) is 16.8 Å². The Bertz CT molecular complexity index is 668. The van der Waals surface area contributed by atoms with Crippen LogP contribution in [0.2, 0.25) is 0 Å². The Labute approximate surface area is 119 Å². The van der Waals surface area contributed by atoms with Crippen molar-refractivity contribution in [3.63, 3.8) is 0 Å². The van der Waals surface area contributed by atoms with Crippen LogP contribution in [0.3, 0.4) is 0 Å². The molecule has 1 aromatic carbocycles. The molecule has 20 heavy (non-hydrogen) atoms. The number of nitrogens with zero attached hydrogens (tertiary/aromatic N) is 1. The van der Waals surface area contributed by atoms with Crippen molar-refractivity contribution in [2.45, 2.75) is 12.4 Å². The lowest BCUT2D eigenvalue weighted by molar-refractivity contribution is 0.281. The van der Waals surface area contributed by atoms with Crippen molar-refractivity contribution in [1.82, 2.24) is 4.31 Å². The molecule has 0 bridgehead atoms. The molecule has 1 aliphatic heterocycles. The molecular weight excluding hydrogens is 302 g/mol. The molecule has 0 radical (unpaired) electrons. The van der Waals surface area contributed by atoms with Crippen LogP contribution in [0.5, 0.6) is 0 Å². The topological polar surface area (TPSA) is 91.8 Å². The molecule has 8 heteroatoms. The summed E-state index contributed by atoms with van der Waals surface area (Å²) in [6, 6.07) is 6.72. The summed E-state index contributed by atoms with van der Waals surface area (Å²) in [7, 11) is -6.62. The summed E-state index contributed by atoms with van der Waals surface area (Å²) in [5.74, 6) is -0.424. The lowest BCUT2D eigenvalue weighted by Gasteiger charge is -2.26. The smallest absolute Gasteiger partial charge is 0.218 e. The molecular formula is C12H17NO5S2. The quantitative estimate of drug-likeness (QED) is 0.825. The van der Waals surface area contributed by atoms with Crippen molar-refractivity contribution < 1.29 is 21.9 Å². The van der Waals surface area contributed by atoms with E-state index in [2.05, 4.69) is 0 Å². The van der Waals surface area contributed by atoms with Crippen LogP contribution in [0.15, 0.2) is 24.3 Å². The van der Waals surface area contributed by atoms with E-state index in [1.54, 1.807) is 24.3 Å². The summed E-state index contributed by atoms with van der Waals surface area (Å²) < 4.78 is 48.3. The standard InChI is InChI=1S/C12H17NO5S2/c14-9-11-2-1-3-12(8-11)10-20(17,18)13-4-6-19(15,16)7-5-13/h1-3,8,14H,4-7,9-10H2. The van der Waals surface area contributed by atoms with E-state index in [4.69, 9.17) is 5.11 Å². The Kier molecular flexibility index (Phi) is 4.48. The molecule has 0 unspecified atom stereocenters. The summed E-state index contributed by atoms with van der Waals surface area (Å²) >= 11 is 0. The maximum absolute atomic E-state index is 12.2. The third-order valence-corrected chi connectivity index (χ3v) is 6.68. The number of sulfone groups is 1. The van der Waals surface area contributed by atoms with Crippen LogP contribution in [0.4, 0.5) is 0 Å². The SMILES string of the molecule is O=S1(=O)CCN(S(=O)(=O)Cc2cccc(CO)c2)CC1. The first-order valence-electron chi connectivity index (χ1n) is 6.19. The van der Waals surface area contributed by atoms with Gasteiger partial charge in [-0.1, -0.05) is 24.3 Å². The van der Waals surface area contributed by atoms with Gasteiger partial charge in [0.15, 0.2) is 9.84 Å². The number of hydrogen-bond acceptors (Lipinski definition) is 5. The van der Waals surface area contributed by atoms with Crippen molar-refractivity contribution in [2.75, 3.05) is 24.6 Å². The van der Waals surface area contributed by atoms with Gasteiger partial charge in [-0.2, -0.15) is 4.31 Å². The summed E-state index contributed by atoms with van der Waals surface area (Å²) in [4.78, 5) is 0. The second-order valence-corrected chi connectivity index (χ2v) is 9.06. The van der Waals surface area contributed by atoms with Gasteiger partial charge in [-0.05, 0) is 11.1 Å². The van der Waals surface area contributed by atoms with Crippen LogP contribution in [-0.4, -0.2) is 50.8 Å². The fourth-order valence-corrected chi connectivity index (χ4v) is 5.05. The third kappa shape index (κ3) is 3.78. The van der Waals surface area contributed by atoms with E-state index in [1.165, 1.54) is 4.31 Å². The second-order valence-electron chi connectivity index (χ2n) is 4.79. The molecule has 0 atom stereocenters. The molecule has 0 saturated carbocycles. The van der Waals surface area contributed by atoms with Gasteiger partial charge in [0.1, 0.15) is 0 Å². The second kappa shape index (κ2) is 5.80. The largest absolute Gasteiger partial charge is 0.392 e. The molecule has 0 aromatic heterocycles. The number of benzene rings is 1. The Balaban J connectivity index is 2.11. The summed E-state index contributed by atoms with van der Waals surface area (Å²) in [6.45, 7) is -0.107. The van der Waals surface area contributed by atoms with Crippen LogP contribution in [-0.2, 0) is 32.2 Å². The minimum atomic E-state index is -3.52. The van der Waals surface area contributed by atoms with Gasteiger partial charge >= 0.3 is 0 Å². The van der Waals surface area contributed by atoms with Gasteiger partial charge in [-0.15, -0.1) is 0 Å². The highest BCUT2D eigenvalue weighted by Crippen LogP contribution is 2.15. The predicted octanol–water partition coefficient (Wildman–Crippen LogP) is -0.261. The summed E-state index contributed by atoms with van der Waals surface area (Å²) in [6.07, 6.45) is 0. The summed E-state index contributed by atoms with van der Waals surface area (Å²) in [5, 5.41) is 9.04. The van der Waals surface area contributed by atoms with Crippen molar-refractivity contribution in [1.29, 1.82) is 0 Å². The van der Waals surface area contributed by atoms with Gasteiger partial charge in [0.05, 0.1) is 23.9 Å². The highest BCUT2D eigenvalue weighted by molar-refractivity contribution is 7.92. The Morgan fingerprint density at radius 3 is 2.35 bits per heavy atom. The molecule has 2 rings (SSSR count). The summed E-state index contributed by atoms with van der Waals surface area (Å²) in [5.41, 5.74) is 1.24. The van der Waals surface area contributed by atoms with Crippen LogP contribution in [0, 0.1) is 0 Å². The Hall–Kier alpha value is -0.960. The van der Waals surface area contributed by atoms with Gasteiger partial charge in [0.2, 0.25) is 10.0 Å². The molecule has 6 nitrogen and oxygen atoms in total. The monoisotopic (exact) mass is 319 g/mol. The maximum atomic E-state index is 12.2. The number of aliphatic hydroxyl groups excluding tert-OH is 1. The molecule has 112 valence electrons. The van der Waals surface area contributed by atoms with E-state index >= 15 is 0 Å². The fourth-order valence-electron chi connectivity index (χ4n) is 2.09. The van der Waals surface area contributed by atoms with Crippen LogP contribution in [0.1, 0.15) is 11.1 Å². The lowest BCUT2D eigenvalue weighted by Crippen LogP contribution is -2.44. The first-order chi connectivity index (χ1) is 9.32. The average Bonchev–Trinajstić information content (AvgIpc) is 2.38. The molecule has 1 heterocycles. The molecule has 0 amide bonds. The van der Waals surface area contributed by atoms with E-state index < -0.39 is 19.9 Å². The molecule has 0 aliphatic carbocycles. The van der Waals surface area contributed by atoms with Crippen molar-refractivity contribution in [3.05, 3.63) is 35.4 Å². The van der Waals surface area contributed by atoms with E-state index in [0.29, 0.717) is 11.1 Å². The van der Waals surface area contributed by atoms with Gasteiger partial charge in [0.25, 0.3) is 0 Å². The van der Waals surface area contributed by atoms with Crippen molar-refractivity contribution >= 4 is 19.9 Å². The molecule has 1 fully saturated rings. The van der Waals surface area contributed by atoms with Gasteiger partial charge < -0.3 is 5.11 Å². The van der Waals surface area contributed by atoms with Gasteiger partial charge in [-0.25, -0.2) is 16.8 Å². The van der Waals surface area contributed by atoms with Crippen LogP contribution >= 0.6 is 0 Å². The Morgan fingerprint density at radius 2 is 1.75 bits per heavy atom. The number of aliphatic hydroxyl groups is 1. The van der Waals surface area contributed by atoms with Crippen molar-refractivity contribution in [3.8, 4) is 0 Å². The van der Waals surface area contributed by atoms with E-state index in [1.807, 2.05) is 0 Å². The first-order valence-corrected chi connectivity index (χ1v) is 9.62. The van der Waals surface area contributed by atoms with Crippen LogP contribution < -0.4 is 0 Å². The highest BCUT2D eigenvalue weighted by atomic mass is 32.2. The number of rotatable bonds is 4. The maximum Gasteiger partial charge on any atom is 0.218 e. The zero-order chi connectivity index (χ0) is 14.8. The lowest BCUT2D eigenvalue weighted by atomic mass is 10.1. The van der Waals surface area contributed by atoms with Crippen molar-refractivity contribution in [2.24, 2.45) is 0 Å². The number of hydrogen-bond donors (Lipinski definition) is 1. The molecule has 1 aliphatic rings.